The Bertz CT molecular complexity index is 371. The fraction of sp³-hybridized carbons (Fsp3) is 0.600. The van der Waals surface area contributed by atoms with Gasteiger partial charge in [-0.1, -0.05) is 23.8 Å². The minimum Gasteiger partial charge on any atom is -0.374 e. The molecule has 17 heavy (non-hydrogen) atoms. The van der Waals surface area contributed by atoms with Crippen LogP contribution in [0.2, 0.25) is 0 Å². The van der Waals surface area contributed by atoms with Crippen LogP contribution in [0.1, 0.15) is 37.5 Å². The molecule has 0 saturated carbocycles. The number of nitrogens with two attached hydrogens (primary N) is 1. The van der Waals surface area contributed by atoms with E-state index in [4.69, 9.17) is 10.5 Å². The molecule has 2 nitrogen and oxygen atoms in total. The van der Waals surface area contributed by atoms with Crippen LogP contribution in [-0.4, -0.2) is 18.2 Å². The standard InChI is InChI=1S/C15H25NO/c1-6-17-15(4,5)14(16)10-13-9-11(2)7-8-12(13)3/h7-9,14H,6,10,16H2,1-5H3. The van der Waals surface area contributed by atoms with E-state index in [2.05, 4.69) is 45.9 Å². The summed E-state index contributed by atoms with van der Waals surface area (Å²) >= 11 is 0. The highest BCUT2D eigenvalue weighted by Gasteiger charge is 2.27. The van der Waals surface area contributed by atoms with Crippen molar-refractivity contribution in [1.82, 2.24) is 0 Å². The van der Waals surface area contributed by atoms with Crippen molar-refractivity contribution >= 4 is 0 Å². The molecule has 96 valence electrons. The van der Waals surface area contributed by atoms with E-state index in [-0.39, 0.29) is 11.6 Å². The number of hydrogen-bond donors (Lipinski definition) is 1. The molecular weight excluding hydrogens is 210 g/mol. The molecule has 0 spiro atoms. The van der Waals surface area contributed by atoms with Crippen LogP contribution in [0, 0.1) is 13.8 Å². The van der Waals surface area contributed by atoms with Crippen molar-refractivity contribution < 1.29 is 4.74 Å². The van der Waals surface area contributed by atoms with Gasteiger partial charge in [-0.3, -0.25) is 0 Å². The molecule has 0 saturated heterocycles. The molecule has 0 aliphatic heterocycles. The van der Waals surface area contributed by atoms with Gasteiger partial charge in [-0.15, -0.1) is 0 Å². The number of benzene rings is 1. The summed E-state index contributed by atoms with van der Waals surface area (Å²) in [4.78, 5) is 0. The van der Waals surface area contributed by atoms with Crippen molar-refractivity contribution in [2.45, 2.75) is 52.7 Å². The molecule has 0 bridgehead atoms. The second-order valence-electron chi connectivity index (χ2n) is 5.28. The van der Waals surface area contributed by atoms with Gasteiger partial charge >= 0.3 is 0 Å². The van der Waals surface area contributed by atoms with Gasteiger partial charge in [0.15, 0.2) is 0 Å². The van der Waals surface area contributed by atoms with Crippen LogP contribution in [-0.2, 0) is 11.2 Å². The van der Waals surface area contributed by atoms with Gasteiger partial charge in [0.05, 0.1) is 5.60 Å². The molecule has 0 fully saturated rings. The molecule has 2 N–H and O–H groups in total. The molecule has 1 rings (SSSR count). The third kappa shape index (κ3) is 3.83. The number of hydrogen-bond acceptors (Lipinski definition) is 2. The smallest absolute Gasteiger partial charge is 0.0779 e. The largest absolute Gasteiger partial charge is 0.374 e. The first kappa shape index (κ1) is 14.2. The van der Waals surface area contributed by atoms with Crippen molar-refractivity contribution in [2.24, 2.45) is 5.73 Å². The molecule has 0 aromatic heterocycles. The Kier molecular flexibility index (Phi) is 4.72. The van der Waals surface area contributed by atoms with Crippen LogP contribution in [0.4, 0.5) is 0 Å². The van der Waals surface area contributed by atoms with Crippen LogP contribution in [0.5, 0.6) is 0 Å². The zero-order valence-corrected chi connectivity index (χ0v) is 11.7. The predicted molar refractivity (Wildman–Crippen MR) is 73.3 cm³/mol. The summed E-state index contributed by atoms with van der Waals surface area (Å²) in [5.74, 6) is 0. The van der Waals surface area contributed by atoms with Gasteiger partial charge in [0.2, 0.25) is 0 Å². The lowest BCUT2D eigenvalue weighted by Gasteiger charge is -2.32. The SMILES string of the molecule is CCOC(C)(C)C(N)Cc1cc(C)ccc1C. The van der Waals surface area contributed by atoms with E-state index in [1.807, 2.05) is 6.92 Å². The maximum atomic E-state index is 6.26. The zero-order chi connectivity index (χ0) is 13.1. The van der Waals surface area contributed by atoms with E-state index in [1.54, 1.807) is 0 Å². The molecule has 0 heterocycles. The van der Waals surface area contributed by atoms with Gasteiger partial charge in [0.1, 0.15) is 0 Å². The summed E-state index contributed by atoms with van der Waals surface area (Å²) in [7, 11) is 0. The molecular formula is C15H25NO. The van der Waals surface area contributed by atoms with Crippen molar-refractivity contribution in [3.05, 3.63) is 34.9 Å². The lowest BCUT2D eigenvalue weighted by atomic mass is 9.90. The first-order valence-corrected chi connectivity index (χ1v) is 6.32. The van der Waals surface area contributed by atoms with E-state index in [1.165, 1.54) is 16.7 Å². The molecule has 0 aliphatic rings. The topological polar surface area (TPSA) is 35.2 Å². The second-order valence-corrected chi connectivity index (χ2v) is 5.28. The molecule has 0 radical (unpaired) electrons. The van der Waals surface area contributed by atoms with Gasteiger partial charge < -0.3 is 10.5 Å². The fourth-order valence-corrected chi connectivity index (χ4v) is 1.98. The van der Waals surface area contributed by atoms with Crippen LogP contribution >= 0.6 is 0 Å². The zero-order valence-electron chi connectivity index (χ0n) is 11.7. The van der Waals surface area contributed by atoms with E-state index in [0.717, 1.165) is 6.42 Å². The van der Waals surface area contributed by atoms with Gasteiger partial charge in [-0.2, -0.15) is 0 Å². The lowest BCUT2D eigenvalue weighted by molar-refractivity contribution is -0.0288. The van der Waals surface area contributed by atoms with Gasteiger partial charge in [0, 0.05) is 12.6 Å². The summed E-state index contributed by atoms with van der Waals surface area (Å²) in [5.41, 5.74) is 9.90. The van der Waals surface area contributed by atoms with Crippen molar-refractivity contribution in [3.8, 4) is 0 Å². The third-order valence-electron chi connectivity index (χ3n) is 3.35. The van der Waals surface area contributed by atoms with E-state index in [9.17, 15) is 0 Å². The molecule has 1 aromatic rings. The van der Waals surface area contributed by atoms with E-state index < -0.39 is 0 Å². The quantitative estimate of drug-likeness (QED) is 0.851. The van der Waals surface area contributed by atoms with Gasteiger partial charge in [-0.05, 0) is 52.2 Å². The number of ether oxygens (including phenoxy) is 1. The van der Waals surface area contributed by atoms with Crippen LogP contribution < -0.4 is 5.73 Å². The maximum absolute atomic E-state index is 6.26. The Morgan fingerprint density at radius 3 is 2.53 bits per heavy atom. The Morgan fingerprint density at radius 2 is 1.94 bits per heavy atom. The third-order valence-corrected chi connectivity index (χ3v) is 3.35. The average molecular weight is 235 g/mol. The highest BCUT2D eigenvalue weighted by molar-refractivity contribution is 5.31. The minimum atomic E-state index is -0.273. The first-order valence-electron chi connectivity index (χ1n) is 6.32. The average Bonchev–Trinajstić information content (AvgIpc) is 2.23. The summed E-state index contributed by atoms with van der Waals surface area (Å²) in [6.07, 6.45) is 0.862. The van der Waals surface area contributed by atoms with E-state index >= 15 is 0 Å². The first-order chi connectivity index (χ1) is 7.86. The van der Waals surface area contributed by atoms with Gasteiger partial charge in [-0.25, -0.2) is 0 Å². The summed E-state index contributed by atoms with van der Waals surface area (Å²) in [5, 5.41) is 0. The Balaban J connectivity index is 2.80. The van der Waals surface area contributed by atoms with Crippen molar-refractivity contribution in [3.63, 3.8) is 0 Å². The number of aryl methyl sites for hydroxylation is 2. The van der Waals surface area contributed by atoms with E-state index in [0.29, 0.717) is 6.61 Å². The minimum absolute atomic E-state index is 0.0166. The maximum Gasteiger partial charge on any atom is 0.0779 e. The monoisotopic (exact) mass is 235 g/mol. The van der Waals surface area contributed by atoms with Crippen molar-refractivity contribution in [2.75, 3.05) is 6.61 Å². The van der Waals surface area contributed by atoms with Crippen LogP contribution in [0.3, 0.4) is 0 Å². The second kappa shape index (κ2) is 5.65. The highest BCUT2D eigenvalue weighted by Crippen LogP contribution is 2.19. The Hall–Kier alpha value is -0.860. The highest BCUT2D eigenvalue weighted by atomic mass is 16.5. The molecule has 1 atom stereocenters. The Morgan fingerprint density at radius 1 is 1.29 bits per heavy atom. The molecule has 1 aromatic carbocycles. The summed E-state index contributed by atoms with van der Waals surface area (Å²) < 4.78 is 5.71. The summed E-state index contributed by atoms with van der Waals surface area (Å²) in [6, 6.07) is 6.53. The molecule has 0 amide bonds. The van der Waals surface area contributed by atoms with Crippen molar-refractivity contribution in [1.29, 1.82) is 0 Å². The fourth-order valence-electron chi connectivity index (χ4n) is 1.98. The van der Waals surface area contributed by atoms with Crippen LogP contribution in [0.15, 0.2) is 18.2 Å². The molecule has 1 unspecified atom stereocenters. The molecule has 2 heteroatoms. The normalized spacial score (nSPS) is 13.8. The lowest BCUT2D eigenvalue weighted by Crippen LogP contribution is -2.46. The predicted octanol–water partition coefficient (Wildman–Crippen LogP) is 2.99. The van der Waals surface area contributed by atoms with Gasteiger partial charge in [0.25, 0.3) is 0 Å². The number of rotatable bonds is 5. The summed E-state index contributed by atoms with van der Waals surface area (Å²) in [6.45, 7) is 11.1. The molecule has 0 aliphatic carbocycles. The van der Waals surface area contributed by atoms with Crippen LogP contribution in [0.25, 0.3) is 0 Å². The Labute approximate surface area is 105 Å².